The SMILES string of the molecule is [2H]C([2H])([2H])O[C@H]1C[C@@H]2CC([2H])([2H])[C@@H](C)[C@@](O)(O2)C(=O)C(=O)N2CCCC[C@H]2C(=O)O[C@H]([C@H](C)C[C@@H]2CC[C@@H](OP(C)(C)=O)[C@H](OC)C2)CC(=O)[C@H](C)/C=C(\C)[C@@H](O)[C@@H](OC)C(=C)[C@H](C)C[C@H](C)/C=C/C=C/C=C/1C. The summed E-state index contributed by atoms with van der Waals surface area (Å²) >= 11 is 0. The first-order valence-electron chi connectivity index (χ1n) is 27.3. The van der Waals surface area contributed by atoms with Crippen molar-refractivity contribution in [3.8, 4) is 0 Å². The number of amides is 1. The molecule has 0 radical (unpaired) electrons. The average Bonchev–Trinajstić information content (AvgIpc) is 3.31. The molecule has 69 heavy (non-hydrogen) atoms. The lowest BCUT2D eigenvalue weighted by molar-refractivity contribution is -0.265. The van der Waals surface area contributed by atoms with Crippen LogP contribution in [0, 0.1) is 35.5 Å². The number of carbonyl (C=O) groups excluding carboxylic acids is 4. The molecule has 4 rings (SSSR count). The molecule has 0 aromatic rings. The van der Waals surface area contributed by atoms with Crippen molar-refractivity contribution in [2.24, 2.45) is 35.5 Å². The second-order valence-electron chi connectivity index (χ2n) is 20.6. The Kier molecular flexibility index (Phi) is 19.6. The van der Waals surface area contributed by atoms with Crippen LogP contribution in [-0.4, -0.2) is 134 Å². The van der Waals surface area contributed by atoms with Crippen LogP contribution in [0.3, 0.4) is 0 Å². The van der Waals surface area contributed by atoms with E-state index >= 15 is 0 Å². The van der Waals surface area contributed by atoms with Crippen molar-refractivity contribution in [1.29, 1.82) is 0 Å². The summed E-state index contributed by atoms with van der Waals surface area (Å²) in [6.07, 6.45) is 5.17. The van der Waals surface area contributed by atoms with Crippen LogP contribution < -0.4 is 0 Å². The molecule has 15 heteroatoms. The third-order valence-corrected chi connectivity index (χ3v) is 15.4. The lowest BCUT2D eigenvalue weighted by atomic mass is 9.78. The molecule has 0 spiro atoms. The van der Waals surface area contributed by atoms with E-state index in [4.69, 9.17) is 35.1 Å². The van der Waals surface area contributed by atoms with Gasteiger partial charge in [-0.1, -0.05) is 77.7 Å². The maximum Gasteiger partial charge on any atom is 0.329 e. The van der Waals surface area contributed by atoms with Crippen LogP contribution in [0.2, 0.25) is 0 Å². The van der Waals surface area contributed by atoms with E-state index in [2.05, 4.69) is 6.58 Å². The molecule has 2 bridgehead atoms. The summed E-state index contributed by atoms with van der Waals surface area (Å²) < 4.78 is 89.6. The summed E-state index contributed by atoms with van der Waals surface area (Å²) in [5, 5.41) is 23.8. The number of hydrogen-bond acceptors (Lipinski definition) is 13. The minimum atomic E-state index is -3.03. The fourth-order valence-electron chi connectivity index (χ4n) is 10.2. The van der Waals surface area contributed by atoms with E-state index in [1.807, 2.05) is 32.9 Å². The largest absolute Gasteiger partial charge is 0.460 e. The number of hydrogen-bond donors (Lipinski definition) is 2. The standard InChI is InChI=1S/C54H86NO13P/c1-33-19-15-14-16-20-34(2)46(63-9)31-42-24-22-39(7)54(61,67-42)51(58)52(59)55-26-18-17-21-43(55)53(60)66-47(37(5)29-41-23-25-45(48(30-41)64-10)68-69(12,13)62)32-44(56)36(4)28-38(6)49(57)50(65-11)40(8)35(3)27-33/h14-16,19-20,28,33,35-37,39,41-43,45-50,57,61H,8,17-18,21-27,29-32H2,1-7,9-13H3/b16-14+,19-15+,34-20+,38-28+/t33-,35-,36-,37-,39-,41+,42+,43+,45-,46+,47+,48-,49-,50+,54-/m1/s1/i9D3,22D2. The molecule has 2 saturated heterocycles. The molecule has 1 saturated carbocycles. The maximum atomic E-state index is 14.6. The number of fused-ring (bicyclic) bond motifs is 3. The van der Waals surface area contributed by atoms with Crippen molar-refractivity contribution >= 4 is 30.8 Å². The number of aliphatic hydroxyl groups is 2. The van der Waals surface area contributed by atoms with Gasteiger partial charge in [-0.05, 0) is 118 Å². The van der Waals surface area contributed by atoms with Gasteiger partial charge in [-0.2, -0.15) is 0 Å². The van der Waals surface area contributed by atoms with E-state index in [-0.39, 0.29) is 68.0 Å². The number of nitrogens with zero attached hydrogens (tertiary/aromatic N) is 1. The number of rotatable bonds is 8. The Balaban J connectivity index is 1.77. The highest BCUT2D eigenvalue weighted by molar-refractivity contribution is 7.57. The number of ether oxygens (including phenoxy) is 5. The number of Topliss-reactive ketones (excluding diaryl/α,β-unsaturated/α-hetero) is 2. The van der Waals surface area contributed by atoms with Gasteiger partial charge in [-0.25, -0.2) is 4.79 Å². The average molecular weight is 993 g/mol. The monoisotopic (exact) mass is 993 g/mol. The maximum absolute atomic E-state index is 14.6. The van der Waals surface area contributed by atoms with E-state index in [9.17, 15) is 34.0 Å². The minimum absolute atomic E-state index is 0.0437. The summed E-state index contributed by atoms with van der Waals surface area (Å²) in [7, 11) is -2.65. The molecule has 1 aliphatic carbocycles. The predicted molar refractivity (Wildman–Crippen MR) is 268 cm³/mol. The van der Waals surface area contributed by atoms with Crippen LogP contribution in [0.1, 0.15) is 132 Å². The van der Waals surface area contributed by atoms with E-state index in [1.165, 1.54) is 14.0 Å². The summed E-state index contributed by atoms with van der Waals surface area (Å²) in [5.74, 6) is -9.70. The number of carbonyl (C=O) groups is 4. The van der Waals surface area contributed by atoms with Gasteiger partial charge >= 0.3 is 5.97 Å². The number of methoxy groups -OCH3 is 3. The van der Waals surface area contributed by atoms with Crippen molar-refractivity contribution in [3.63, 3.8) is 0 Å². The number of piperidine rings is 1. The molecule has 3 aliphatic heterocycles. The zero-order valence-corrected chi connectivity index (χ0v) is 43.9. The lowest BCUT2D eigenvalue weighted by Crippen LogP contribution is -2.61. The Labute approximate surface area is 420 Å². The molecular formula is C54H86NO13P. The molecule has 2 N–H and O–H groups in total. The normalized spacial score (nSPS) is 41.0. The van der Waals surface area contributed by atoms with E-state index in [0.29, 0.717) is 61.7 Å². The first-order valence-corrected chi connectivity index (χ1v) is 27.4. The van der Waals surface area contributed by atoms with Gasteiger partial charge in [0.1, 0.15) is 30.1 Å². The highest BCUT2D eigenvalue weighted by Gasteiger charge is 2.53. The van der Waals surface area contributed by atoms with Gasteiger partial charge in [0.25, 0.3) is 11.7 Å². The molecular weight excluding hydrogens is 902 g/mol. The highest BCUT2D eigenvalue weighted by Crippen LogP contribution is 2.45. The number of cyclic esters (lactones) is 1. The van der Waals surface area contributed by atoms with E-state index in [0.717, 1.165) is 4.90 Å². The first kappa shape index (κ1) is 50.9. The number of ketones is 2. The Morgan fingerprint density at radius 3 is 2.35 bits per heavy atom. The van der Waals surface area contributed by atoms with Gasteiger partial charge < -0.3 is 43.3 Å². The Bertz CT molecular complexity index is 2140. The van der Waals surface area contributed by atoms with Crippen molar-refractivity contribution < 1.29 is 69.0 Å². The summed E-state index contributed by atoms with van der Waals surface area (Å²) in [5.41, 5.74) is 1.58. The molecule has 3 heterocycles. The molecule has 4 aliphatic rings. The zero-order valence-electron chi connectivity index (χ0n) is 48.0. The van der Waals surface area contributed by atoms with Crippen LogP contribution in [0.25, 0.3) is 0 Å². The Morgan fingerprint density at radius 2 is 1.68 bits per heavy atom. The quantitative estimate of drug-likeness (QED) is 0.102. The second kappa shape index (κ2) is 26.6. The zero-order chi connectivity index (χ0) is 55.7. The first-order chi connectivity index (χ1) is 34.3. The molecule has 390 valence electrons. The summed E-state index contributed by atoms with van der Waals surface area (Å²) in [4.78, 5) is 58.9. The number of allylic oxidation sites excluding steroid dienone is 6. The molecule has 14 nitrogen and oxygen atoms in total. The van der Waals surface area contributed by atoms with Crippen LogP contribution in [0.15, 0.2) is 59.8 Å². The smallest absolute Gasteiger partial charge is 0.329 e. The Hall–Kier alpha value is -3.07. The number of esters is 1. The highest BCUT2D eigenvalue weighted by atomic mass is 31.2. The van der Waals surface area contributed by atoms with Crippen LogP contribution in [-0.2, 0) is 52.0 Å². The van der Waals surface area contributed by atoms with Crippen molar-refractivity contribution in [1.82, 2.24) is 4.90 Å². The van der Waals surface area contributed by atoms with Gasteiger partial charge in [0, 0.05) is 68.6 Å². The summed E-state index contributed by atoms with van der Waals surface area (Å²) in [6, 6.07) is -1.31. The molecule has 0 aromatic carbocycles. The second-order valence-corrected chi connectivity index (χ2v) is 23.3. The number of aliphatic hydroxyl groups excluding tert-OH is 1. The fourth-order valence-corrected chi connectivity index (χ4v) is 11.1. The van der Waals surface area contributed by atoms with Crippen LogP contribution in [0.5, 0.6) is 0 Å². The van der Waals surface area contributed by atoms with Crippen molar-refractivity contribution in [3.05, 3.63) is 59.8 Å². The Morgan fingerprint density at radius 1 is 0.957 bits per heavy atom. The third-order valence-electron chi connectivity index (χ3n) is 14.6. The predicted octanol–water partition coefficient (Wildman–Crippen LogP) is 8.73. The molecule has 0 aromatic heterocycles. The molecule has 3 fully saturated rings. The van der Waals surface area contributed by atoms with Gasteiger partial charge in [-0.3, -0.25) is 18.9 Å². The third kappa shape index (κ3) is 16.2. The van der Waals surface area contributed by atoms with Gasteiger partial charge in [0.15, 0.2) is 7.37 Å². The van der Waals surface area contributed by atoms with Crippen LogP contribution in [0.4, 0.5) is 0 Å². The van der Waals surface area contributed by atoms with Gasteiger partial charge in [0.05, 0.1) is 28.5 Å². The van der Waals surface area contributed by atoms with Gasteiger partial charge in [0.2, 0.25) is 5.79 Å². The van der Waals surface area contributed by atoms with E-state index < -0.39 is 98.5 Å². The van der Waals surface area contributed by atoms with Crippen LogP contribution >= 0.6 is 7.37 Å². The topological polar surface area (TPSA) is 184 Å². The van der Waals surface area contributed by atoms with Crippen molar-refractivity contribution in [2.75, 3.05) is 41.1 Å². The molecule has 1 amide bonds. The fraction of sp³-hybridized carbons (Fsp3) is 0.741. The van der Waals surface area contributed by atoms with Gasteiger partial charge in [-0.15, -0.1) is 0 Å². The van der Waals surface area contributed by atoms with E-state index in [1.54, 1.807) is 65.5 Å². The molecule has 15 atom stereocenters. The molecule has 0 unspecified atom stereocenters. The van der Waals surface area contributed by atoms with Crippen molar-refractivity contribution in [2.45, 2.75) is 180 Å². The minimum Gasteiger partial charge on any atom is -0.460 e. The lowest BCUT2D eigenvalue weighted by Gasteiger charge is -2.42. The summed E-state index contributed by atoms with van der Waals surface area (Å²) in [6.45, 7) is 19.6.